The molecule has 0 aromatic rings. The summed E-state index contributed by atoms with van der Waals surface area (Å²) in [6.45, 7) is 2.52. The number of nitrogens with zero attached hydrogens (tertiary/aromatic N) is 2. The standard InChI is InChI=1S/C4H7N3/c1-4-2-5-3-6-7-4/h2,5H,3H2,1H3. The van der Waals surface area contributed by atoms with Gasteiger partial charge in [0.25, 0.3) is 0 Å². The SMILES string of the molecule is CC1=CNCN=N1. The van der Waals surface area contributed by atoms with E-state index in [0.29, 0.717) is 6.67 Å². The van der Waals surface area contributed by atoms with Crippen molar-refractivity contribution in [2.24, 2.45) is 10.2 Å². The summed E-state index contributed by atoms with van der Waals surface area (Å²) in [6, 6.07) is 0. The summed E-state index contributed by atoms with van der Waals surface area (Å²) in [6.07, 6.45) is 1.84. The molecule has 0 aliphatic carbocycles. The highest BCUT2D eigenvalue weighted by molar-refractivity contribution is 4.94. The zero-order chi connectivity index (χ0) is 5.11. The van der Waals surface area contributed by atoms with E-state index in [-0.39, 0.29) is 0 Å². The Kier molecular flexibility index (Phi) is 1.06. The first kappa shape index (κ1) is 4.30. The Balaban J connectivity index is 2.58. The van der Waals surface area contributed by atoms with E-state index in [4.69, 9.17) is 0 Å². The van der Waals surface area contributed by atoms with Crippen LogP contribution in [-0.4, -0.2) is 6.67 Å². The highest BCUT2D eigenvalue weighted by Crippen LogP contribution is 1.95. The van der Waals surface area contributed by atoms with E-state index in [1.165, 1.54) is 0 Å². The molecule has 1 N–H and O–H groups in total. The molecule has 1 heterocycles. The first-order chi connectivity index (χ1) is 3.39. The Morgan fingerprint density at radius 2 is 2.71 bits per heavy atom. The van der Waals surface area contributed by atoms with Crippen LogP contribution in [0.25, 0.3) is 0 Å². The maximum absolute atomic E-state index is 3.75. The Labute approximate surface area is 42.1 Å². The zero-order valence-electron chi connectivity index (χ0n) is 4.18. The third kappa shape index (κ3) is 0.994. The molecule has 0 unspecified atom stereocenters. The van der Waals surface area contributed by atoms with Crippen LogP contribution in [0, 0.1) is 0 Å². The Bertz CT molecular complexity index is 114. The summed E-state index contributed by atoms with van der Waals surface area (Å²) >= 11 is 0. The van der Waals surface area contributed by atoms with Crippen molar-refractivity contribution in [2.75, 3.05) is 6.67 Å². The minimum Gasteiger partial charge on any atom is -0.369 e. The van der Waals surface area contributed by atoms with Gasteiger partial charge in [0.15, 0.2) is 0 Å². The molecule has 0 atom stereocenters. The summed E-state index contributed by atoms with van der Waals surface area (Å²) in [5, 5.41) is 10.4. The third-order valence-corrected chi connectivity index (χ3v) is 0.701. The molecule has 7 heavy (non-hydrogen) atoms. The molecule has 0 radical (unpaired) electrons. The Hall–Kier alpha value is -0.860. The van der Waals surface area contributed by atoms with E-state index in [1.807, 2.05) is 13.1 Å². The number of rotatable bonds is 0. The van der Waals surface area contributed by atoms with Gasteiger partial charge in [-0.25, -0.2) is 0 Å². The predicted octanol–water partition coefficient (Wildman–Crippen LogP) is 0.861. The van der Waals surface area contributed by atoms with Gasteiger partial charge in [-0.05, 0) is 6.92 Å². The fraction of sp³-hybridized carbons (Fsp3) is 0.500. The molecule has 0 bridgehead atoms. The van der Waals surface area contributed by atoms with Crippen LogP contribution in [0.4, 0.5) is 0 Å². The molecule has 0 saturated heterocycles. The van der Waals surface area contributed by atoms with Gasteiger partial charge in [-0.15, -0.1) is 0 Å². The van der Waals surface area contributed by atoms with Crippen molar-refractivity contribution < 1.29 is 0 Å². The third-order valence-electron chi connectivity index (χ3n) is 0.701. The highest BCUT2D eigenvalue weighted by Gasteiger charge is 1.86. The molecule has 0 fully saturated rings. The molecule has 1 aliphatic rings. The van der Waals surface area contributed by atoms with E-state index in [9.17, 15) is 0 Å². The van der Waals surface area contributed by atoms with Crippen molar-refractivity contribution in [2.45, 2.75) is 6.92 Å². The van der Waals surface area contributed by atoms with Crippen LogP contribution in [0.2, 0.25) is 0 Å². The normalized spacial score (nSPS) is 18.1. The fourth-order valence-corrected chi connectivity index (χ4v) is 0.410. The van der Waals surface area contributed by atoms with Crippen LogP contribution >= 0.6 is 0 Å². The molecule has 3 heteroatoms. The van der Waals surface area contributed by atoms with Gasteiger partial charge in [-0.2, -0.15) is 10.2 Å². The summed E-state index contributed by atoms with van der Waals surface area (Å²) in [5.74, 6) is 0. The van der Waals surface area contributed by atoms with Crippen LogP contribution in [-0.2, 0) is 0 Å². The largest absolute Gasteiger partial charge is 0.369 e. The fourth-order valence-electron chi connectivity index (χ4n) is 0.410. The minimum absolute atomic E-state index is 0.622. The maximum atomic E-state index is 3.75. The molecule has 0 spiro atoms. The van der Waals surface area contributed by atoms with Crippen LogP contribution in [0.1, 0.15) is 6.92 Å². The van der Waals surface area contributed by atoms with Crippen molar-refractivity contribution in [3.05, 3.63) is 11.9 Å². The van der Waals surface area contributed by atoms with Crippen molar-refractivity contribution >= 4 is 0 Å². The van der Waals surface area contributed by atoms with E-state index >= 15 is 0 Å². The quantitative estimate of drug-likeness (QED) is 0.478. The second-order valence-electron chi connectivity index (χ2n) is 1.39. The van der Waals surface area contributed by atoms with Crippen LogP contribution in [0.15, 0.2) is 22.1 Å². The minimum atomic E-state index is 0.622. The monoisotopic (exact) mass is 97.1 g/mol. The van der Waals surface area contributed by atoms with E-state index in [0.717, 1.165) is 5.70 Å². The molecular formula is C4H7N3. The number of allylic oxidation sites excluding steroid dienone is 1. The van der Waals surface area contributed by atoms with Crippen LogP contribution in [0.3, 0.4) is 0 Å². The molecule has 3 nitrogen and oxygen atoms in total. The van der Waals surface area contributed by atoms with Gasteiger partial charge in [0.2, 0.25) is 0 Å². The van der Waals surface area contributed by atoms with E-state index in [2.05, 4.69) is 15.5 Å². The van der Waals surface area contributed by atoms with Gasteiger partial charge in [0, 0.05) is 6.20 Å². The first-order valence-corrected chi connectivity index (χ1v) is 2.17. The smallest absolute Gasteiger partial charge is 0.129 e. The van der Waals surface area contributed by atoms with Crippen LogP contribution < -0.4 is 5.32 Å². The molecule has 0 aromatic heterocycles. The Morgan fingerprint density at radius 3 is 3.00 bits per heavy atom. The average Bonchev–Trinajstić information content (AvgIpc) is 1.69. The van der Waals surface area contributed by atoms with Crippen molar-refractivity contribution in [3.63, 3.8) is 0 Å². The highest BCUT2D eigenvalue weighted by atomic mass is 15.2. The summed E-state index contributed by atoms with van der Waals surface area (Å²) in [4.78, 5) is 0. The van der Waals surface area contributed by atoms with Gasteiger partial charge in [0.1, 0.15) is 6.67 Å². The van der Waals surface area contributed by atoms with Gasteiger partial charge in [-0.3, -0.25) is 0 Å². The lowest BCUT2D eigenvalue weighted by Crippen LogP contribution is -2.07. The van der Waals surface area contributed by atoms with Crippen molar-refractivity contribution in [1.29, 1.82) is 0 Å². The Morgan fingerprint density at radius 1 is 1.86 bits per heavy atom. The van der Waals surface area contributed by atoms with Gasteiger partial charge in [0.05, 0.1) is 5.70 Å². The number of azo groups is 1. The number of hydrogen-bond donors (Lipinski definition) is 1. The molecular weight excluding hydrogens is 90.1 g/mol. The van der Waals surface area contributed by atoms with Gasteiger partial charge >= 0.3 is 0 Å². The summed E-state index contributed by atoms with van der Waals surface area (Å²) in [7, 11) is 0. The van der Waals surface area contributed by atoms with Crippen LogP contribution in [0.5, 0.6) is 0 Å². The topological polar surface area (TPSA) is 36.8 Å². The van der Waals surface area contributed by atoms with Gasteiger partial charge < -0.3 is 5.32 Å². The molecule has 0 amide bonds. The predicted molar refractivity (Wildman–Crippen MR) is 26.6 cm³/mol. The lowest BCUT2D eigenvalue weighted by molar-refractivity contribution is 0.775. The summed E-state index contributed by atoms with van der Waals surface area (Å²) < 4.78 is 0. The van der Waals surface area contributed by atoms with Crippen molar-refractivity contribution in [1.82, 2.24) is 5.32 Å². The summed E-state index contributed by atoms with van der Waals surface area (Å²) in [5.41, 5.74) is 0.936. The zero-order valence-corrected chi connectivity index (χ0v) is 4.18. The second-order valence-corrected chi connectivity index (χ2v) is 1.39. The molecule has 0 aromatic carbocycles. The maximum Gasteiger partial charge on any atom is 0.129 e. The second kappa shape index (κ2) is 1.73. The molecule has 1 rings (SSSR count). The lowest BCUT2D eigenvalue weighted by atomic mass is 10.5. The van der Waals surface area contributed by atoms with Crippen molar-refractivity contribution in [3.8, 4) is 0 Å². The number of nitrogens with one attached hydrogen (secondary N) is 1. The van der Waals surface area contributed by atoms with Gasteiger partial charge in [-0.1, -0.05) is 0 Å². The lowest BCUT2D eigenvalue weighted by Gasteiger charge is -1.99. The molecule has 1 aliphatic heterocycles. The molecule has 0 saturated carbocycles. The first-order valence-electron chi connectivity index (χ1n) is 2.17. The van der Waals surface area contributed by atoms with E-state index < -0.39 is 0 Å². The number of hydrogen-bond acceptors (Lipinski definition) is 3. The molecule has 38 valence electrons. The van der Waals surface area contributed by atoms with E-state index in [1.54, 1.807) is 0 Å². The average molecular weight is 97.1 g/mol.